The summed E-state index contributed by atoms with van der Waals surface area (Å²) in [5.74, 6) is -0.889. The number of aryl methyl sites for hydroxylation is 1. The van der Waals surface area contributed by atoms with Crippen molar-refractivity contribution in [3.05, 3.63) is 101 Å². The Hall–Kier alpha value is -4.15. The molecule has 1 heterocycles. The largest absolute Gasteiger partial charge is 0.486 e. The van der Waals surface area contributed by atoms with E-state index >= 15 is 0 Å². The highest BCUT2D eigenvalue weighted by molar-refractivity contribution is 8.00. The summed E-state index contributed by atoms with van der Waals surface area (Å²) in [4.78, 5) is 53.3. The van der Waals surface area contributed by atoms with E-state index in [1.54, 1.807) is 24.3 Å². The monoisotopic (exact) mass is 617 g/mol. The maximum atomic E-state index is 13.9. The Morgan fingerprint density at radius 3 is 2.32 bits per heavy atom. The first-order valence-corrected chi connectivity index (χ1v) is 15.5. The van der Waals surface area contributed by atoms with E-state index in [0.717, 1.165) is 16.7 Å². The van der Waals surface area contributed by atoms with Crippen molar-refractivity contribution in [2.24, 2.45) is 0 Å². The predicted octanol–water partition coefficient (Wildman–Crippen LogP) is 3.66. The average molecular weight is 618 g/mol. The Bertz CT molecular complexity index is 1480. The summed E-state index contributed by atoms with van der Waals surface area (Å²) in [6, 6.07) is 21.5. The number of ether oxygens (including phenoxy) is 1. The van der Waals surface area contributed by atoms with Gasteiger partial charge in [-0.1, -0.05) is 54.6 Å². The van der Waals surface area contributed by atoms with Crippen LogP contribution in [0.3, 0.4) is 0 Å². The lowest BCUT2D eigenvalue weighted by Crippen LogP contribution is -2.58. The van der Waals surface area contributed by atoms with Crippen molar-refractivity contribution in [1.29, 1.82) is 0 Å². The molecule has 9 nitrogen and oxygen atoms in total. The number of nitrogens with zero attached hydrogens (tertiary/aromatic N) is 1. The zero-order chi connectivity index (χ0) is 31.9. The molecular formula is C34H39N3O6S. The zero-order valence-electron chi connectivity index (χ0n) is 25.4. The van der Waals surface area contributed by atoms with Gasteiger partial charge in [0, 0.05) is 16.9 Å². The van der Waals surface area contributed by atoms with E-state index in [-0.39, 0.29) is 30.6 Å². The molecule has 3 N–H and O–H groups in total. The third kappa shape index (κ3) is 8.27. The van der Waals surface area contributed by atoms with Crippen molar-refractivity contribution in [2.45, 2.75) is 63.6 Å². The first kappa shape index (κ1) is 32.8. The molecule has 3 aromatic carbocycles. The van der Waals surface area contributed by atoms with Gasteiger partial charge in [-0.3, -0.25) is 19.2 Å². The van der Waals surface area contributed by atoms with E-state index in [1.807, 2.05) is 75.4 Å². The van der Waals surface area contributed by atoms with E-state index in [2.05, 4.69) is 10.6 Å². The second-order valence-corrected chi connectivity index (χ2v) is 13.1. The molecule has 232 valence electrons. The number of amides is 3. The van der Waals surface area contributed by atoms with Gasteiger partial charge < -0.3 is 25.4 Å². The highest BCUT2D eigenvalue weighted by Crippen LogP contribution is 2.40. The lowest BCUT2D eigenvalue weighted by atomic mass is 9.96. The van der Waals surface area contributed by atoms with Crippen molar-refractivity contribution < 1.29 is 29.0 Å². The van der Waals surface area contributed by atoms with Crippen molar-refractivity contribution in [3.8, 4) is 5.75 Å². The third-order valence-corrected chi connectivity index (χ3v) is 8.97. The standard InChI is InChI=1S/C34H39N3O6S/c1-22-10-8-9-13-26(22)19-35-32(41)30-34(3,4)44-21-37(30)33(42)29(39)28(18-24-11-6-5-7-12-24)36-31(40)25-14-16-27(17-15-25)43-20-23(2)38/h5-17,28-30,39H,18-21H2,1-4H3,(H,35,41)(H,36,40)/t28-,29-,30+/m0/s1. The van der Waals surface area contributed by atoms with Crippen LogP contribution < -0.4 is 15.4 Å². The predicted molar refractivity (Wildman–Crippen MR) is 170 cm³/mol. The molecule has 3 atom stereocenters. The third-order valence-electron chi connectivity index (χ3n) is 7.60. The SMILES string of the molecule is CC(=O)COc1ccc(C(=O)N[C@@H](Cc2ccccc2)[C@H](O)C(=O)N2CSC(C)(C)[C@H]2C(=O)NCc2ccccc2C)cc1. The molecule has 0 spiro atoms. The van der Waals surface area contributed by atoms with Crippen LogP contribution in [0.25, 0.3) is 0 Å². The number of benzene rings is 3. The van der Waals surface area contributed by atoms with Crippen molar-refractivity contribution in [2.75, 3.05) is 12.5 Å². The molecule has 3 amide bonds. The molecule has 1 saturated heterocycles. The molecule has 0 saturated carbocycles. The Labute approximate surface area is 262 Å². The van der Waals surface area contributed by atoms with E-state index in [0.29, 0.717) is 17.9 Å². The molecule has 1 aliphatic heterocycles. The van der Waals surface area contributed by atoms with E-state index in [1.165, 1.54) is 23.6 Å². The molecule has 0 bridgehead atoms. The molecule has 0 aliphatic carbocycles. The Kier molecular flexibility index (Phi) is 10.8. The van der Waals surface area contributed by atoms with Crippen LogP contribution in [0.5, 0.6) is 5.75 Å². The number of aliphatic hydroxyl groups is 1. The summed E-state index contributed by atoms with van der Waals surface area (Å²) in [6.45, 7) is 7.45. The van der Waals surface area contributed by atoms with Crippen molar-refractivity contribution in [3.63, 3.8) is 0 Å². The summed E-state index contributed by atoms with van der Waals surface area (Å²) >= 11 is 1.46. The van der Waals surface area contributed by atoms with Gasteiger partial charge in [0.25, 0.3) is 11.8 Å². The van der Waals surface area contributed by atoms with Crippen LogP contribution in [0, 0.1) is 6.92 Å². The topological polar surface area (TPSA) is 125 Å². The van der Waals surface area contributed by atoms with Crippen molar-refractivity contribution >= 4 is 35.3 Å². The normalized spacial score (nSPS) is 16.9. The number of carbonyl (C=O) groups excluding carboxylic acids is 4. The van der Waals surface area contributed by atoms with E-state index in [4.69, 9.17) is 4.74 Å². The van der Waals surface area contributed by atoms with Gasteiger partial charge in [-0.15, -0.1) is 11.8 Å². The van der Waals surface area contributed by atoms with Crippen LogP contribution in [0.15, 0.2) is 78.9 Å². The van der Waals surface area contributed by atoms with Crippen molar-refractivity contribution in [1.82, 2.24) is 15.5 Å². The molecule has 0 aromatic heterocycles. The summed E-state index contributed by atoms with van der Waals surface area (Å²) < 4.78 is 4.78. The number of hydrogen-bond acceptors (Lipinski definition) is 7. The number of Topliss-reactive ketones (excluding diaryl/α,β-unsaturated/α-hetero) is 1. The number of aliphatic hydroxyl groups excluding tert-OH is 1. The molecule has 1 aliphatic rings. The maximum absolute atomic E-state index is 13.9. The quantitative estimate of drug-likeness (QED) is 0.283. The molecule has 1 fully saturated rings. The van der Waals surface area contributed by atoms with Crippen LogP contribution in [0.1, 0.15) is 47.8 Å². The minimum Gasteiger partial charge on any atom is -0.486 e. The van der Waals surface area contributed by atoms with Gasteiger partial charge in [0.05, 0.1) is 11.9 Å². The second-order valence-electron chi connectivity index (χ2n) is 11.5. The van der Waals surface area contributed by atoms with Gasteiger partial charge in [-0.2, -0.15) is 0 Å². The molecule has 10 heteroatoms. The van der Waals surface area contributed by atoms with Crippen LogP contribution in [0.2, 0.25) is 0 Å². The fraction of sp³-hybridized carbons (Fsp3) is 0.353. The van der Waals surface area contributed by atoms with Gasteiger partial charge >= 0.3 is 0 Å². The second kappa shape index (κ2) is 14.5. The van der Waals surface area contributed by atoms with Gasteiger partial charge in [-0.25, -0.2) is 0 Å². The van der Waals surface area contributed by atoms with Gasteiger partial charge in [0.2, 0.25) is 5.91 Å². The molecule has 3 aromatic rings. The number of hydrogen-bond donors (Lipinski definition) is 3. The number of ketones is 1. The minimum atomic E-state index is -1.61. The molecule has 4 rings (SSSR count). The lowest BCUT2D eigenvalue weighted by Gasteiger charge is -2.33. The Morgan fingerprint density at radius 2 is 1.66 bits per heavy atom. The maximum Gasteiger partial charge on any atom is 0.254 e. The van der Waals surface area contributed by atoms with E-state index < -0.39 is 34.7 Å². The summed E-state index contributed by atoms with van der Waals surface area (Å²) in [6.07, 6.45) is -1.42. The average Bonchev–Trinajstić information content (AvgIpc) is 3.33. The number of thioether (sulfide) groups is 1. The van der Waals surface area contributed by atoms with Crippen LogP contribution >= 0.6 is 11.8 Å². The molecule has 0 radical (unpaired) electrons. The van der Waals surface area contributed by atoms with E-state index in [9.17, 15) is 24.3 Å². The van der Waals surface area contributed by atoms with Crippen LogP contribution in [-0.2, 0) is 27.3 Å². The molecule has 44 heavy (non-hydrogen) atoms. The summed E-state index contributed by atoms with van der Waals surface area (Å²) in [5.41, 5.74) is 3.14. The Morgan fingerprint density at radius 1 is 1.00 bits per heavy atom. The fourth-order valence-corrected chi connectivity index (χ4v) is 6.23. The lowest BCUT2D eigenvalue weighted by molar-refractivity contribution is -0.147. The highest BCUT2D eigenvalue weighted by atomic mass is 32.2. The van der Waals surface area contributed by atoms with Crippen LogP contribution in [0.4, 0.5) is 0 Å². The smallest absolute Gasteiger partial charge is 0.254 e. The zero-order valence-corrected chi connectivity index (χ0v) is 26.2. The fourth-order valence-electron chi connectivity index (χ4n) is 5.09. The van der Waals surface area contributed by atoms with Gasteiger partial charge in [0.1, 0.15) is 18.4 Å². The Balaban J connectivity index is 1.51. The minimum absolute atomic E-state index is 0.0739. The first-order valence-electron chi connectivity index (χ1n) is 14.5. The number of carbonyl (C=O) groups is 4. The molecule has 0 unspecified atom stereocenters. The number of rotatable bonds is 12. The summed E-state index contributed by atoms with van der Waals surface area (Å²) in [7, 11) is 0. The van der Waals surface area contributed by atoms with Gasteiger partial charge in [-0.05, 0) is 75.1 Å². The highest BCUT2D eigenvalue weighted by Gasteiger charge is 2.49. The van der Waals surface area contributed by atoms with Gasteiger partial charge in [0.15, 0.2) is 11.9 Å². The van der Waals surface area contributed by atoms with Crippen LogP contribution in [-0.4, -0.2) is 68.9 Å². The molecular weight excluding hydrogens is 578 g/mol. The summed E-state index contributed by atoms with van der Waals surface area (Å²) in [5, 5.41) is 17.3. The number of nitrogens with one attached hydrogen (secondary N) is 2. The first-order chi connectivity index (χ1) is 21.0.